The zero-order valence-corrected chi connectivity index (χ0v) is 9.74. The lowest BCUT2D eigenvalue weighted by Crippen LogP contribution is -2.06. The van der Waals surface area contributed by atoms with Crippen molar-refractivity contribution in [2.45, 2.75) is 16.6 Å². The molecule has 0 atom stereocenters. The van der Waals surface area contributed by atoms with E-state index in [1.165, 1.54) is 17.3 Å². The first-order valence-corrected chi connectivity index (χ1v) is 5.74. The van der Waals surface area contributed by atoms with Gasteiger partial charge in [0.25, 0.3) is 0 Å². The maximum absolute atomic E-state index is 4.35. The number of hydrogen-bond acceptors (Lipinski definition) is 5. The molecule has 0 radical (unpaired) electrons. The van der Waals surface area contributed by atoms with Gasteiger partial charge in [-0.15, -0.1) is 0 Å². The first kappa shape index (κ1) is 11.0. The van der Waals surface area contributed by atoms with Gasteiger partial charge >= 0.3 is 0 Å². The molecule has 0 bridgehead atoms. The largest absolute Gasteiger partial charge is 0.316 e. The van der Waals surface area contributed by atoms with Crippen LogP contribution in [-0.2, 0) is 6.54 Å². The quantitative estimate of drug-likeness (QED) is 0.870. The maximum atomic E-state index is 4.35. The highest BCUT2D eigenvalue weighted by Gasteiger charge is 2.05. The Balaban J connectivity index is 2.21. The van der Waals surface area contributed by atoms with E-state index >= 15 is 0 Å². The van der Waals surface area contributed by atoms with Crippen molar-refractivity contribution in [2.24, 2.45) is 0 Å². The molecule has 0 spiro atoms. The van der Waals surface area contributed by atoms with E-state index in [2.05, 4.69) is 26.3 Å². The summed E-state index contributed by atoms with van der Waals surface area (Å²) in [5.74, 6) is 0. The summed E-state index contributed by atoms with van der Waals surface area (Å²) in [7, 11) is 1.92. The molecule has 16 heavy (non-hydrogen) atoms. The van der Waals surface area contributed by atoms with E-state index < -0.39 is 0 Å². The lowest BCUT2D eigenvalue weighted by molar-refractivity contribution is 0.789. The zero-order chi connectivity index (χ0) is 11.2. The average Bonchev–Trinajstić information content (AvgIpc) is 2.33. The molecule has 0 aliphatic rings. The van der Waals surface area contributed by atoms with Crippen molar-refractivity contribution >= 4 is 11.8 Å². The van der Waals surface area contributed by atoms with E-state index in [1.807, 2.05) is 13.1 Å². The van der Waals surface area contributed by atoms with E-state index in [4.69, 9.17) is 0 Å². The monoisotopic (exact) mass is 232 g/mol. The third-order valence-electron chi connectivity index (χ3n) is 1.96. The third-order valence-corrected chi connectivity index (χ3v) is 2.94. The lowest BCUT2D eigenvalue weighted by Gasteiger charge is -2.06. The Morgan fingerprint density at radius 2 is 2.19 bits per heavy atom. The molecule has 0 aromatic carbocycles. The molecule has 0 aliphatic carbocycles. The number of hydrogen-bond donors (Lipinski definition) is 1. The molecular weight excluding hydrogens is 220 g/mol. The molecule has 4 nitrogen and oxygen atoms in total. The lowest BCUT2D eigenvalue weighted by atomic mass is 10.3. The second kappa shape index (κ2) is 5.58. The van der Waals surface area contributed by atoms with Crippen LogP contribution in [0.4, 0.5) is 0 Å². The maximum Gasteiger partial charge on any atom is 0.121 e. The van der Waals surface area contributed by atoms with Crippen molar-refractivity contribution in [3.8, 4) is 0 Å². The minimum atomic E-state index is 0.802. The van der Waals surface area contributed by atoms with Crippen molar-refractivity contribution in [3.63, 3.8) is 0 Å². The van der Waals surface area contributed by atoms with Crippen LogP contribution in [0, 0.1) is 0 Å². The Bertz CT molecular complexity index is 447. The number of nitrogens with zero attached hydrogens (tertiary/aromatic N) is 3. The van der Waals surface area contributed by atoms with Crippen LogP contribution in [0.5, 0.6) is 0 Å². The topological polar surface area (TPSA) is 50.7 Å². The van der Waals surface area contributed by atoms with Crippen LogP contribution < -0.4 is 5.32 Å². The van der Waals surface area contributed by atoms with E-state index in [9.17, 15) is 0 Å². The molecule has 0 saturated heterocycles. The first-order chi connectivity index (χ1) is 7.90. The van der Waals surface area contributed by atoms with E-state index in [0.29, 0.717) is 0 Å². The molecule has 0 aliphatic heterocycles. The SMILES string of the molecule is CNCc1cccnc1Sc1cnccn1. The number of nitrogens with one attached hydrogen (secondary N) is 1. The molecule has 0 amide bonds. The smallest absolute Gasteiger partial charge is 0.121 e. The van der Waals surface area contributed by atoms with Crippen molar-refractivity contribution in [2.75, 3.05) is 7.05 Å². The number of rotatable bonds is 4. The highest BCUT2D eigenvalue weighted by molar-refractivity contribution is 7.99. The second-order valence-electron chi connectivity index (χ2n) is 3.14. The van der Waals surface area contributed by atoms with Gasteiger partial charge in [0, 0.05) is 25.1 Å². The van der Waals surface area contributed by atoms with Gasteiger partial charge in [-0.3, -0.25) is 4.98 Å². The molecule has 0 saturated carbocycles. The molecule has 5 heteroatoms. The van der Waals surface area contributed by atoms with Gasteiger partial charge in [-0.1, -0.05) is 6.07 Å². The summed E-state index contributed by atoms with van der Waals surface area (Å²) in [5.41, 5.74) is 1.17. The standard InChI is InChI=1S/C11H12N4S/c1-12-7-9-3-2-4-15-11(9)16-10-8-13-5-6-14-10/h2-6,8,12H,7H2,1H3. The summed E-state index contributed by atoms with van der Waals surface area (Å²) in [6.45, 7) is 0.802. The highest BCUT2D eigenvalue weighted by Crippen LogP contribution is 2.25. The van der Waals surface area contributed by atoms with E-state index in [-0.39, 0.29) is 0 Å². The van der Waals surface area contributed by atoms with Crippen LogP contribution in [0.15, 0.2) is 47.0 Å². The fourth-order valence-corrected chi connectivity index (χ4v) is 2.09. The summed E-state index contributed by atoms with van der Waals surface area (Å²) in [4.78, 5) is 12.6. The van der Waals surface area contributed by atoms with E-state index in [1.54, 1.807) is 24.8 Å². The number of pyridine rings is 1. The van der Waals surface area contributed by atoms with Gasteiger partial charge in [0.1, 0.15) is 10.1 Å². The summed E-state index contributed by atoms with van der Waals surface area (Å²) in [6, 6.07) is 4.00. The van der Waals surface area contributed by atoms with Gasteiger partial charge in [-0.2, -0.15) is 0 Å². The van der Waals surface area contributed by atoms with Gasteiger partial charge in [-0.05, 0) is 30.4 Å². The summed E-state index contributed by atoms with van der Waals surface area (Å²) in [6.07, 6.45) is 6.88. The third kappa shape index (κ3) is 2.77. The minimum Gasteiger partial charge on any atom is -0.316 e. The Morgan fingerprint density at radius 3 is 2.94 bits per heavy atom. The molecule has 0 fully saturated rings. The fraction of sp³-hybridized carbons (Fsp3) is 0.182. The van der Waals surface area contributed by atoms with Gasteiger partial charge < -0.3 is 5.32 Å². The van der Waals surface area contributed by atoms with Crippen LogP contribution in [0.25, 0.3) is 0 Å². The predicted octanol–water partition coefficient (Wildman–Crippen LogP) is 1.74. The Hall–Kier alpha value is -1.46. The Labute approximate surface area is 98.6 Å². The van der Waals surface area contributed by atoms with Crippen LogP contribution in [0.3, 0.4) is 0 Å². The molecule has 2 heterocycles. The van der Waals surface area contributed by atoms with Crippen molar-refractivity contribution in [3.05, 3.63) is 42.5 Å². The summed E-state index contributed by atoms with van der Waals surface area (Å²) in [5, 5.41) is 4.95. The highest BCUT2D eigenvalue weighted by atomic mass is 32.2. The molecule has 82 valence electrons. The van der Waals surface area contributed by atoms with Crippen LogP contribution in [0.1, 0.15) is 5.56 Å². The van der Waals surface area contributed by atoms with Gasteiger partial charge in [0.05, 0.1) is 6.20 Å². The fourth-order valence-electron chi connectivity index (χ4n) is 1.28. The predicted molar refractivity (Wildman–Crippen MR) is 63.2 cm³/mol. The van der Waals surface area contributed by atoms with Crippen LogP contribution in [0.2, 0.25) is 0 Å². The second-order valence-corrected chi connectivity index (χ2v) is 4.15. The van der Waals surface area contributed by atoms with E-state index in [0.717, 1.165) is 16.6 Å². The molecule has 2 rings (SSSR count). The van der Waals surface area contributed by atoms with Gasteiger partial charge in [0.2, 0.25) is 0 Å². The average molecular weight is 232 g/mol. The molecular formula is C11H12N4S. The van der Waals surface area contributed by atoms with Crippen molar-refractivity contribution < 1.29 is 0 Å². The summed E-state index contributed by atoms with van der Waals surface area (Å²) < 4.78 is 0. The van der Waals surface area contributed by atoms with Gasteiger partial charge in [0.15, 0.2) is 0 Å². The number of aromatic nitrogens is 3. The minimum absolute atomic E-state index is 0.802. The molecule has 2 aromatic rings. The zero-order valence-electron chi connectivity index (χ0n) is 8.92. The van der Waals surface area contributed by atoms with Crippen molar-refractivity contribution in [1.82, 2.24) is 20.3 Å². The Morgan fingerprint density at radius 1 is 1.25 bits per heavy atom. The van der Waals surface area contributed by atoms with Gasteiger partial charge in [-0.25, -0.2) is 9.97 Å². The van der Waals surface area contributed by atoms with Crippen LogP contribution >= 0.6 is 11.8 Å². The normalized spacial score (nSPS) is 10.3. The summed E-state index contributed by atoms with van der Waals surface area (Å²) >= 11 is 1.53. The Kier molecular flexibility index (Phi) is 3.85. The molecule has 1 N–H and O–H groups in total. The van der Waals surface area contributed by atoms with Crippen molar-refractivity contribution in [1.29, 1.82) is 0 Å². The first-order valence-electron chi connectivity index (χ1n) is 4.92. The van der Waals surface area contributed by atoms with Crippen LogP contribution in [-0.4, -0.2) is 22.0 Å². The molecule has 2 aromatic heterocycles. The molecule has 0 unspecified atom stereocenters.